The Bertz CT molecular complexity index is 257. The fourth-order valence-corrected chi connectivity index (χ4v) is 0. The molecule has 12 N–H and O–H groups in total. The van der Waals surface area contributed by atoms with E-state index in [2.05, 4.69) is 0 Å². The standard InChI is InChI=1S/Na.6H2O3Si.H/c;6*1-4(2)3;/h;6*1-2H;. The minimum atomic E-state index is -3.13. The van der Waals surface area contributed by atoms with Gasteiger partial charge in [-0.2, -0.15) is 0 Å². The van der Waals surface area contributed by atoms with Crippen LogP contribution in [0.25, 0.3) is 0 Å². The van der Waals surface area contributed by atoms with Gasteiger partial charge >= 0.3 is 84.6 Å². The second-order valence-electron chi connectivity index (χ2n) is 1.70. The first-order valence-corrected chi connectivity index (χ1v) is 11.7. The third-order valence-electron chi connectivity index (χ3n) is 0. The maximum absolute atomic E-state index is 8.74. The molecule has 0 aromatic rings. The molecule has 146 valence electrons. The van der Waals surface area contributed by atoms with E-state index < -0.39 is 55.0 Å². The van der Waals surface area contributed by atoms with E-state index in [0.717, 1.165) is 0 Å². The van der Waals surface area contributed by atoms with Gasteiger partial charge in [-0.25, -0.2) is 0 Å². The molecule has 0 saturated heterocycles. The average molecular weight is 493 g/mol. The van der Waals surface area contributed by atoms with Gasteiger partial charge in [0.15, 0.2) is 0 Å². The molecule has 0 aliphatic carbocycles. The van der Waals surface area contributed by atoms with E-state index in [4.69, 9.17) is 84.3 Å². The SMILES string of the molecule is O=[Si](O)O.O=[Si](O)O.O=[Si](O)O.O=[Si](O)O.O=[Si](O)O.O=[Si](O)O.[NaH]. The summed E-state index contributed by atoms with van der Waals surface area (Å²) in [5.74, 6) is 0. The summed E-state index contributed by atoms with van der Waals surface area (Å²) in [4.78, 5) is 85.9. The van der Waals surface area contributed by atoms with Crippen LogP contribution < -0.4 is 0 Å². The van der Waals surface area contributed by atoms with Crippen LogP contribution in [0.2, 0.25) is 0 Å². The van der Waals surface area contributed by atoms with E-state index in [1.165, 1.54) is 0 Å². The monoisotopic (exact) mass is 492 g/mol. The molecular formula is H13NaO18Si6. The van der Waals surface area contributed by atoms with Crippen molar-refractivity contribution in [2.45, 2.75) is 0 Å². The van der Waals surface area contributed by atoms with Crippen molar-refractivity contribution >= 4 is 84.6 Å². The molecule has 0 aromatic heterocycles. The summed E-state index contributed by atoms with van der Waals surface area (Å²) in [7, 11) is -18.8. The first kappa shape index (κ1) is 43.8. The normalized spacial score (nSPS) is 5.76. The van der Waals surface area contributed by atoms with Gasteiger partial charge in [0.25, 0.3) is 0 Å². The Balaban J connectivity index is -0.0000000309. The molecule has 0 amide bonds. The van der Waals surface area contributed by atoms with Gasteiger partial charge in [0.05, 0.1) is 0 Å². The fourth-order valence-electron chi connectivity index (χ4n) is 0. The van der Waals surface area contributed by atoms with Crippen molar-refractivity contribution in [3.8, 4) is 0 Å². The van der Waals surface area contributed by atoms with Crippen molar-refractivity contribution in [2.75, 3.05) is 0 Å². The summed E-state index contributed by atoms with van der Waals surface area (Å²) < 4.78 is 52.4. The van der Waals surface area contributed by atoms with Crippen LogP contribution in [0.3, 0.4) is 0 Å². The predicted molar refractivity (Wildman–Crippen MR) is 72.4 cm³/mol. The number of hydrogen-bond donors (Lipinski definition) is 12. The summed E-state index contributed by atoms with van der Waals surface area (Å²) in [6.45, 7) is 0. The maximum atomic E-state index is 8.74. The molecule has 0 saturated carbocycles. The van der Waals surface area contributed by atoms with Gasteiger partial charge in [0.2, 0.25) is 0 Å². The van der Waals surface area contributed by atoms with Crippen LogP contribution in [0, 0.1) is 0 Å². The number of hydrogen-bond acceptors (Lipinski definition) is 6. The zero-order valence-electron chi connectivity index (χ0n) is 10.8. The van der Waals surface area contributed by atoms with Crippen molar-refractivity contribution in [1.29, 1.82) is 0 Å². The Kier molecular flexibility index (Phi) is 67.1. The Morgan fingerprint density at radius 3 is 0.280 bits per heavy atom. The van der Waals surface area contributed by atoms with Crippen molar-refractivity contribution in [3.05, 3.63) is 0 Å². The Morgan fingerprint density at radius 1 is 0.280 bits per heavy atom. The van der Waals surface area contributed by atoms with Crippen molar-refractivity contribution in [1.82, 2.24) is 0 Å². The molecule has 0 heterocycles. The summed E-state index contributed by atoms with van der Waals surface area (Å²) in [6, 6.07) is 0. The molecule has 0 aliphatic heterocycles. The van der Waals surface area contributed by atoms with Crippen molar-refractivity contribution in [3.63, 3.8) is 0 Å². The van der Waals surface area contributed by atoms with E-state index in [0.29, 0.717) is 0 Å². The Labute approximate surface area is 168 Å². The predicted octanol–water partition coefficient (Wildman–Crippen LogP) is -10.3. The summed E-state index contributed by atoms with van der Waals surface area (Å²) in [6.07, 6.45) is 0. The molecule has 0 fully saturated rings. The molecule has 25 heavy (non-hydrogen) atoms. The molecular weight excluding hydrogens is 479 g/mol. The molecule has 25 heteroatoms. The van der Waals surface area contributed by atoms with E-state index in [-0.39, 0.29) is 29.6 Å². The van der Waals surface area contributed by atoms with E-state index in [9.17, 15) is 0 Å². The second-order valence-corrected chi connectivity index (χ2v) is 5.09. The van der Waals surface area contributed by atoms with Crippen LogP contribution in [0.1, 0.15) is 0 Å². The third kappa shape index (κ3) is 5770. The van der Waals surface area contributed by atoms with Gasteiger partial charge < -0.3 is 57.5 Å². The quantitative estimate of drug-likeness (QED) is 0.139. The molecule has 0 aromatic carbocycles. The van der Waals surface area contributed by atoms with Gasteiger partial charge in [-0.05, 0) is 0 Å². The van der Waals surface area contributed by atoms with Crippen LogP contribution in [0.15, 0.2) is 0 Å². The summed E-state index contributed by atoms with van der Waals surface area (Å²) in [5.41, 5.74) is 0. The van der Waals surface area contributed by atoms with Gasteiger partial charge in [-0.15, -0.1) is 0 Å². The van der Waals surface area contributed by atoms with E-state index in [1.54, 1.807) is 0 Å². The second kappa shape index (κ2) is 38.3. The van der Waals surface area contributed by atoms with Gasteiger partial charge in [-0.3, -0.25) is 26.8 Å². The molecule has 0 radical (unpaired) electrons. The first-order chi connectivity index (χ1) is 10.4. The minimum absolute atomic E-state index is 0. The molecule has 0 rings (SSSR count). The van der Waals surface area contributed by atoms with Crippen molar-refractivity contribution < 1.29 is 84.3 Å². The van der Waals surface area contributed by atoms with Crippen LogP contribution in [-0.2, 0) is 26.8 Å². The van der Waals surface area contributed by atoms with Crippen LogP contribution >= 0.6 is 0 Å². The molecule has 0 aliphatic rings. The first-order valence-electron chi connectivity index (χ1n) is 3.91. The van der Waals surface area contributed by atoms with Crippen molar-refractivity contribution in [2.24, 2.45) is 0 Å². The van der Waals surface area contributed by atoms with Crippen LogP contribution in [0.4, 0.5) is 0 Å². The van der Waals surface area contributed by atoms with E-state index in [1.807, 2.05) is 0 Å². The molecule has 18 nitrogen and oxygen atoms in total. The Hall–Kier alpha value is -1.30. The zero-order valence-corrected chi connectivity index (χ0v) is 16.8. The van der Waals surface area contributed by atoms with Crippen LogP contribution in [0.5, 0.6) is 0 Å². The van der Waals surface area contributed by atoms with Gasteiger partial charge in [-0.1, -0.05) is 0 Å². The zero-order chi connectivity index (χ0) is 21.5. The molecule has 0 unspecified atom stereocenters. The Morgan fingerprint density at radius 2 is 0.280 bits per heavy atom. The molecule has 0 bridgehead atoms. The fraction of sp³-hybridized carbons (Fsp3) is 0. The van der Waals surface area contributed by atoms with E-state index >= 15 is 0 Å². The average Bonchev–Trinajstić information content (AvgIpc) is 2.08. The number of rotatable bonds is 0. The van der Waals surface area contributed by atoms with Crippen LogP contribution in [-0.4, -0.2) is 142 Å². The summed E-state index contributed by atoms with van der Waals surface area (Å²) in [5, 5.41) is 0. The molecule has 0 atom stereocenters. The summed E-state index contributed by atoms with van der Waals surface area (Å²) >= 11 is 0. The topological polar surface area (TPSA) is 345 Å². The third-order valence-corrected chi connectivity index (χ3v) is 0. The van der Waals surface area contributed by atoms with Gasteiger partial charge in [0.1, 0.15) is 0 Å². The molecule has 0 spiro atoms. The van der Waals surface area contributed by atoms with Gasteiger partial charge in [0, 0.05) is 0 Å².